The molecule has 40 heavy (non-hydrogen) atoms. The van der Waals surface area contributed by atoms with Crippen LogP contribution in [-0.2, 0) is 0 Å². The van der Waals surface area contributed by atoms with Crippen LogP contribution in [0.15, 0.2) is 85.0 Å². The molecule has 4 aromatic rings. The summed E-state index contributed by atoms with van der Waals surface area (Å²) < 4.78 is 5.51. The van der Waals surface area contributed by atoms with Crippen LogP contribution in [0.5, 0.6) is 5.75 Å². The molecular weight excluding hydrogens is 526 g/mol. The number of hydrogen-bond acceptors (Lipinski definition) is 4. The van der Waals surface area contributed by atoms with Gasteiger partial charge in [0.05, 0.1) is 35.1 Å². The number of benzene rings is 3. The predicted molar refractivity (Wildman–Crippen MR) is 157 cm³/mol. The number of carboxylic acid groups (broad SMARTS) is 1. The number of rotatable bonds is 9. The van der Waals surface area contributed by atoms with E-state index in [2.05, 4.69) is 10.3 Å². The molecule has 1 aliphatic rings. The maximum absolute atomic E-state index is 13.4. The van der Waals surface area contributed by atoms with Gasteiger partial charge in [-0.3, -0.25) is 4.79 Å². The number of carboxylic acids is 1. The number of para-hydroxylation sites is 3. The van der Waals surface area contributed by atoms with Gasteiger partial charge < -0.3 is 20.1 Å². The number of nitrogens with one attached hydrogen (secondary N) is 2. The van der Waals surface area contributed by atoms with E-state index in [0.29, 0.717) is 23.6 Å². The monoisotopic (exact) mass is 555 g/mol. The molecule has 8 heteroatoms. The molecule has 0 spiro atoms. The fourth-order valence-electron chi connectivity index (χ4n) is 5.25. The maximum Gasteiger partial charge on any atom is 0.336 e. The van der Waals surface area contributed by atoms with Crippen molar-refractivity contribution in [1.82, 2.24) is 15.3 Å². The van der Waals surface area contributed by atoms with Crippen molar-refractivity contribution in [2.24, 2.45) is 0 Å². The largest absolute Gasteiger partial charge is 0.496 e. The highest BCUT2D eigenvalue weighted by molar-refractivity contribution is 6.23. The summed E-state index contributed by atoms with van der Waals surface area (Å²) in [5.41, 5.74) is 4.11. The summed E-state index contributed by atoms with van der Waals surface area (Å²) in [6.07, 6.45) is 7.11. The lowest BCUT2D eigenvalue weighted by Gasteiger charge is -2.27. The van der Waals surface area contributed by atoms with Crippen molar-refractivity contribution in [2.75, 3.05) is 7.11 Å². The number of methoxy groups -OCH3 is 1. The van der Waals surface area contributed by atoms with Crippen LogP contribution < -0.4 is 10.1 Å². The van der Waals surface area contributed by atoms with E-state index in [1.165, 1.54) is 6.07 Å². The summed E-state index contributed by atoms with van der Waals surface area (Å²) in [6, 6.07) is 19.7. The number of hydrogen-bond donors (Lipinski definition) is 3. The number of halogens is 1. The Morgan fingerprint density at radius 2 is 1.90 bits per heavy atom. The van der Waals surface area contributed by atoms with E-state index in [-0.39, 0.29) is 23.1 Å². The van der Waals surface area contributed by atoms with Crippen molar-refractivity contribution in [3.05, 3.63) is 113 Å². The number of fused-ring (bicyclic) bond motifs is 1. The Morgan fingerprint density at radius 1 is 1.12 bits per heavy atom. The SMILES string of the molecule is CCCC(NC(=O)c1ccc(C2C(c3nc4ccccc4[nH]3)=CC=C[C@@H]2Cl)c(C(=O)O)c1)c1ccccc1OC. The molecule has 3 atom stereocenters. The molecule has 2 unspecified atom stereocenters. The van der Waals surface area contributed by atoms with Gasteiger partial charge in [0.25, 0.3) is 5.91 Å². The van der Waals surface area contributed by atoms with Crippen molar-refractivity contribution >= 4 is 40.1 Å². The molecule has 7 nitrogen and oxygen atoms in total. The highest BCUT2D eigenvalue weighted by Gasteiger charge is 2.32. The van der Waals surface area contributed by atoms with Gasteiger partial charge in [-0.05, 0) is 42.3 Å². The Morgan fingerprint density at radius 3 is 2.65 bits per heavy atom. The highest BCUT2D eigenvalue weighted by Crippen LogP contribution is 2.41. The number of nitrogens with zero attached hydrogens (tertiary/aromatic N) is 1. The number of carbonyl (C=O) groups excluding carboxylic acids is 1. The second-order valence-corrected chi connectivity index (χ2v) is 10.2. The van der Waals surface area contributed by atoms with Gasteiger partial charge in [0.15, 0.2) is 0 Å². The molecule has 3 aromatic carbocycles. The molecule has 5 rings (SSSR count). The number of imidazole rings is 1. The van der Waals surface area contributed by atoms with Crippen LogP contribution in [0.1, 0.15) is 69.4 Å². The number of ether oxygens (including phenoxy) is 1. The number of carbonyl (C=O) groups is 2. The Hall–Kier alpha value is -4.36. The standard InChI is InChI=1S/C32H30ClN3O4/c1-3-9-25(21-10-4-7-15-28(21)40-2)36-31(37)19-16-17-20(23(18-19)32(38)39)29-22(11-8-12-24(29)33)30-34-26-13-5-6-14-27(26)35-30/h4-8,10-18,24-25,29H,3,9H2,1-2H3,(H,34,35)(H,36,37)(H,38,39)/t24-,25?,29?/m0/s1. The molecule has 0 radical (unpaired) electrons. The molecule has 1 aliphatic carbocycles. The first-order valence-corrected chi connectivity index (χ1v) is 13.6. The van der Waals surface area contributed by atoms with E-state index in [1.54, 1.807) is 19.2 Å². The van der Waals surface area contributed by atoms with Crippen LogP contribution >= 0.6 is 11.6 Å². The van der Waals surface area contributed by atoms with Crippen LogP contribution in [0, 0.1) is 0 Å². The second-order valence-electron chi connectivity index (χ2n) is 9.70. The molecule has 1 amide bonds. The first-order chi connectivity index (χ1) is 19.4. The van der Waals surface area contributed by atoms with Crippen molar-refractivity contribution in [2.45, 2.75) is 37.1 Å². The van der Waals surface area contributed by atoms with Gasteiger partial charge in [0.1, 0.15) is 11.6 Å². The molecule has 1 heterocycles. The molecular formula is C32H30ClN3O4. The average molecular weight is 556 g/mol. The molecule has 3 N–H and O–H groups in total. The number of allylic oxidation sites excluding steroid dienone is 4. The minimum absolute atomic E-state index is 0.0185. The fourth-order valence-corrected chi connectivity index (χ4v) is 5.61. The lowest BCUT2D eigenvalue weighted by Crippen LogP contribution is -2.29. The number of H-pyrrole nitrogens is 1. The van der Waals surface area contributed by atoms with Gasteiger partial charge in [-0.15, -0.1) is 11.6 Å². The van der Waals surface area contributed by atoms with Gasteiger partial charge >= 0.3 is 5.97 Å². The molecule has 0 saturated heterocycles. The van der Waals surface area contributed by atoms with Gasteiger partial charge in [-0.1, -0.05) is 68.0 Å². The van der Waals surface area contributed by atoms with Gasteiger partial charge in [-0.2, -0.15) is 0 Å². The zero-order chi connectivity index (χ0) is 28.2. The van der Waals surface area contributed by atoms with Crippen LogP contribution in [0.3, 0.4) is 0 Å². The number of aromatic carboxylic acids is 1. The molecule has 1 aromatic heterocycles. The summed E-state index contributed by atoms with van der Waals surface area (Å²) in [7, 11) is 1.60. The zero-order valence-corrected chi connectivity index (χ0v) is 23.0. The minimum Gasteiger partial charge on any atom is -0.496 e. The van der Waals surface area contributed by atoms with Crippen LogP contribution in [0.4, 0.5) is 0 Å². The van der Waals surface area contributed by atoms with Crippen molar-refractivity contribution < 1.29 is 19.4 Å². The molecule has 204 valence electrons. The number of alkyl halides is 1. The van der Waals surface area contributed by atoms with Crippen LogP contribution in [0.2, 0.25) is 0 Å². The summed E-state index contributed by atoms with van der Waals surface area (Å²) in [5, 5.41) is 12.8. The number of aromatic amines is 1. The first kappa shape index (κ1) is 27.2. The van der Waals surface area contributed by atoms with Gasteiger partial charge in [0.2, 0.25) is 0 Å². The minimum atomic E-state index is -1.14. The third-order valence-corrected chi connectivity index (χ3v) is 7.56. The molecule has 0 aliphatic heterocycles. The van der Waals surface area contributed by atoms with E-state index in [1.807, 2.05) is 73.7 Å². The van der Waals surface area contributed by atoms with Crippen LogP contribution in [-0.4, -0.2) is 39.4 Å². The zero-order valence-electron chi connectivity index (χ0n) is 22.2. The van der Waals surface area contributed by atoms with Gasteiger partial charge in [-0.25, -0.2) is 9.78 Å². The Balaban J connectivity index is 1.49. The lowest BCUT2D eigenvalue weighted by molar-refractivity contribution is 0.0695. The molecule has 0 fully saturated rings. The van der Waals surface area contributed by atoms with Crippen molar-refractivity contribution in [3.8, 4) is 5.75 Å². The average Bonchev–Trinajstić information content (AvgIpc) is 3.41. The fraction of sp³-hybridized carbons (Fsp3) is 0.219. The summed E-state index contributed by atoms with van der Waals surface area (Å²) in [5.74, 6) is -0.680. The second kappa shape index (κ2) is 11.8. The summed E-state index contributed by atoms with van der Waals surface area (Å²) >= 11 is 6.79. The van der Waals surface area contributed by atoms with E-state index in [0.717, 1.165) is 28.6 Å². The Labute approximate surface area is 237 Å². The topological polar surface area (TPSA) is 104 Å². The first-order valence-electron chi connectivity index (χ1n) is 13.2. The quantitative estimate of drug-likeness (QED) is 0.195. The van der Waals surface area contributed by atoms with Crippen LogP contribution in [0.25, 0.3) is 16.6 Å². The molecule has 0 bridgehead atoms. The normalized spacial score (nSPS) is 17.3. The summed E-state index contributed by atoms with van der Waals surface area (Å²) in [6.45, 7) is 2.04. The van der Waals surface area contributed by atoms with E-state index >= 15 is 0 Å². The van der Waals surface area contributed by atoms with E-state index in [4.69, 9.17) is 21.3 Å². The van der Waals surface area contributed by atoms with E-state index in [9.17, 15) is 14.7 Å². The third-order valence-electron chi connectivity index (χ3n) is 7.17. The molecule has 0 saturated carbocycles. The number of aromatic nitrogens is 2. The van der Waals surface area contributed by atoms with Gasteiger partial charge in [0, 0.05) is 22.6 Å². The Bertz CT molecular complexity index is 1590. The van der Waals surface area contributed by atoms with Crippen molar-refractivity contribution in [3.63, 3.8) is 0 Å². The van der Waals surface area contributed by atoms with E-state index < -0.39 is 17.3 Å². The number of amides is 1. The smallest absolute Gasteiger partial charge is 0.336 e. The van der Waals surface area contributed by atoms with Crippen molar-refractivity contribution in [1.29, 1.82) is 0 Å². The Kier molecular flexibility index (Phi) is 8.03. The lowest BCUT2D eigenvalue weighted by atomic mass is 9.81. The summed E-state index contributed by atoms with van der Waals surface area (Å²) in [4.78, 5) is 34.0. The highest BCUT2D eigenvalue weighted by atomic mass is 35.5. The third kappa shape index (κ3) is 5.38. The predicted octanol–water partition coefficient (Wildman–Crippen LogP) is 6.89. The maximum atomic E-state index is 13.4.